The first-order valence-electron chi connectivity index (χ1n) is 7.16. The van der Waals surface area contributed by atoms with Gasteiger partial charge in [-0.1, -0.05) is 12.2 Å². The second kappa shape index (κ2) is 7.32. The molecule has 0 bridgehead atoms. The lowest BCUT2D eigenvalue weighted by atomic mass is 9.96. The van der Waals surface area contributed by atoms with Crippen LogP contribution in [-0.2, 0) is 12.8 Å². The van der Waals surface area contributed by atoms with Crippen LogP contribution in [-0.4, -0.2) is 10.2 Å². The van der Waals surface area contributed by atoms with Gasteiger partial charge in [0.05, 0.1) is 0 Å². The van der Waals surface area contributed by atoms with Gasteiger partial charge in [-0.3, -0.25) is 0 Å². The molecule has 2 N–H and O–H groups in total. The smallest absolute Gasteiger partial charge is 0.152 e. The average molecular weight is 324 g/mol. The number of rotatable bonds is 7. The summed E-state index contributed by atoms with van der Waals surface area (Å²) in [5.41, 5.74) is 1.66. The summed E-state index contributed by atoms with van der Waals surface area (Å²) in [6.45, 7) is 7.24. The molecule has 0 radical (unpaired) electrons. The Morgan fingerprint density at radius 3 is 2.08 bits per heavy atom. The van der Waals surface area contributed by atoms with E-state index in [1.807, 2.05) is 0 Å². The van der Waals surface area contributed by atoms with Crippen molar-refractivity contribution in [2.45, 2.75) is 12.8 Å². The molecule has 2 rings (SSSR count). The quantitative estimate of drug-likeness (QED) is 0.552. The van der Waals surface area contributed by atoms with Crippen molar-refractivity contribution in [3.05, 3.63) is 70.5 Å². The monoisotopic (exact) mass is 324 g/mol. The van der Waals surface area contributed by atoms with Crippen LogP contribution >= 0.6 is 0 Å². The summed E-state index contributed by atoms with van der Waals surface area (Å²) in [4.78, 5) is 21.9. The predicted molar refractivity (Wildman–Crippen MR) is 93.9 cm³/mol. The van der Waals surface area contributed by atoms with Crippen molar-refractivity contribution in [3.63, 3.8) is 0 Å². The van der Waals surface area contributed by atoms with Crippen LogP contribution in [0.4, 0.5) is 11.4 Å². The second-order valence-electron chi connectivity index (χ2n) is 5.18. The third kappa shape index (κ3) is 3.22. The number of nitrogens with zero attached hydrogens (tertiary/aromatic N) is 2. The van der Waals surface area contributed by atoms with Crippen LogP contribution in [0.15, 0.2) is 59.9 Å². The third-order valence-electron chi connectivity index (χ3n) is 3.57. The molecule has 0 saturated carbocycles. The largest absolute Gasteiger partial charge is 0.505 e. The van der Waals surface area contributed by atoms with Gasteiger partial charge < -0.3 is 10.2 Å². The number of benzene rings is 2. The Bertz CT molecular complexity index is 828. The Hall–Kier alpha value is -3.28. The fourth-order valence-corrected chi connectivity index (χ4v) is 2.47. The van der Waals surface area contributed by atoms with E-state index >= 15 is 0 Å². The SMILES string of the molecule is C=CCc1cc(N=O)c(O)c(-c2cc(CC=C)c(O)c(N=O)c2)c1. The molecule has 0 aromatic heterocycles. The number of hydrogen-bond acceptors (Lipinski definition) is 6. The summed E-state index contributed by atoms with van der Waals surface area (Å²) in [5.74, 6) is -0.533. The molecule has 122 valence electrons. The summed E-state index contributed by atoms with van der Waals surface area (Å²) in [7, 11) is 0. The van der Waals surface area contributed by atoms with Gasteiger partial charge in [-0.05, 0) is 58.6 Å². The molecular weight excluding hydrogens is 308 g/mol. The molecule has 0 spiro atoms. The van der Waals surface area contributed by atoms with Gasteiger partial charge in [-0.2, -0.15) is 0 Å². The molecule has 0 atom stereocenters. The Morgan fingerprint density at radius 1 is 0.875 bits per heavy atom. The van der Waals surface area contributed by atoms with Gasteiger partial charge in [0.1, 0.15) is 5.75 Å². The van der Waals surface area contributed by atoms with Crippen LogP contribution in [0.25, 0.3) is 11.1 Å². The molecule has 2 aromatic rings. The van der Waals surface area contributed by atoms with Gasteiger partial charge in [0.15, 0.2) is 17.1 Å². The normalized spacial score (nSPS) is 10.2. The van der Waals surface area contributed by atoms with Crippen molar-refractivity contribution in [1.82, 2.24) is 0 Å². The number of phenols is 2. The lowest BCUT2D eigenvalue weighted by Crippen LogP contribution is -1.89. The topological polar surface area (TPSA) is 99.3 Å². The van der Waals surface area contributed by atoms with Gasteiger partial charge in [0, 0.05) is 11.1 Å². The van der Waals surface area contributed by atoms with Crippen LogP contribution in [0.5, 0.6) is 11.5 Å². The predicted octanol–water partition coefficient (Wildman–Crippen LogP) is 5.02. The van der Waals surface area contributed by atoms with Crippen LogP contribution in [0.1, 0.15) is 11.1 Å². The molecule has 0 aliphatic heterocycles. The summed E-state index contributed by atoms with van der Waals surface area (Å²) in [6, 6.07) is 6.09. The molecule has 0 unspecified atom stereocenters. The molecule has 2 aromatic carbocycles. The summed E-state index contributed by atoms with van der Waals surface area (Å²) < 4.78 is 0. The Kier molecular flexibility index (Phi) is 5.21. The molecule has 0 heterocycles. The zero-order chi connectivity index (χ0) is 17.7. The number of aromatic hydroxyl groups is 2. The van der Waals surface area contributed by atoms with Crippen molar-refractivity contribution in [3.8, 4) is 22.6 Å². The lowest BCUT2D eigenvalue weighted by molar-refractivity contribution is 0.471. The van der Waals surface area contributed by atoms with Gasteiger partial charge in [0.25, 0.3) is 0 Å². The van der Waals surface area contributed by atoms with Crippen LogP contribution in [0, 0.1) is 9.81 Å². The van der Waals surface area contributed by atoms with E-state index in [0.717, 1.165) is 5.56 Å². The first-order chi connectivity index (χ1) is 11.5. The highest BCUT2D eigenvalue weighted by molar-refractivity contribution is 5.81. The van der Waals surface area contributed by atoms with E-state index in [-0.39, 0.29) is 22.9 Å². The number of hydrogen-bond donors (Lipinski definition) is 2. The lowest BCUT2D eigenvalue weighted by Gasteiger charge is -2.12. The van der Waals surface area contributed by atoms with Gasteiger partial charge in [0.2, 0.25) is 0 Å². The first kappa shape index (κ1) is 17.1. The Morgan fingerprint density at radius 2 is 1.50 bits per heavy atom. The molecule has 6 nitrogen and oxygen atoms in total. The van der Waals surface area contributed by atoms with E-state index in [0.29, 0.717) is 29.5 Å². The van der Waals surface area contributed by atoms with Crippen molar-refractivity contribution < 1.29 is 10.2 Å². The maximum absolute atomic E-state index is 11.0. The minimum Gasteiger partial charge on any atom is -0.505 e. The highest BCUT2D eigenvalue weighted by atomic mass is 16.3. The summed E-state index contributed by atoms with van der Waals surface area (Å²) in [6.07, 6.45) is 4.02. The van der Waals surface area contributed by atoms with E-state index in [2.05, 4.69) is 23.5 Å². The van der Waals surface area contributed by atoms with Crippen molar-refractivity contribution in [1.29, 1.82) is 0 Å². The van der Waals surface area contributed by atoms with Crippen molar-refractivity contribution >= 4 is 11.4 Å². The Balaban J connectivity index is 2.74. The van der Waals surface area contributed by atoms with Gasteiger partial charge in [-0.25, -0.2) is 0 Å². The maximum atomic E-state index is 11.0. The van der Waals surface area contributed by atoms with Crippen LogP contribution in [0.3, 0.4) is 0 Å². The van der Waals surface area contributed by atoms with Crippen molar-refractivity contribution in [2.75, 3.05) is 0 Å². The zero-order valence-corrected chi connectivity index (χ0v) is 12.9. The molecule has 0 amide bonds. The standard InChI is InChI=1S/C18H16N2O4/c1-3-5-11-7-14(18(22)15(8-11)19-23)13-9-12(6-4-2)17(21)16(10-13)20-24/h3-4,7-10,21-22H,1-2,5-6H2. The minimum atomic E-state index is -0.301. The summed E-state index contributed by atoms with van der Waals surface area (Å²) >= 11 is 0. The summed E-state index contributed by atoms with van der Waals surface area (Å²) in [5, 5.41) is 25.9. The zero-order valence-electron chi connectivity index (χ0n) is 12.9. The van der Waals surface area contributed by atoms with Gasteiger partial charge >= 0.3 is 0 Å². The molecule has 0 aliphatic rings. The molecule has 0 saturated heterocycles. The van der Waals surface area contributed by atoms with Crippen LogP contribution in [0.2, 0.25) is 0 Å². The van der Waals surface area contributed by atoms with E-state index in [1.54, 1.807) is 24.3 Å². The van der Waals surface area contributed by atoms with Crippen molar-refractivity contribution in [2.24, 2.45) is 10.4 Å². The Labute approximate surface area is 138 Å². The number of phenolic OH excluding ortho intramolecular Hbond substituents is 2. The van der Waals surface area contributed by atoms with E-state index < -0.39 is 0 Å². The van der Waals surface area contributed by atoms with E-state index in [4.69, 9.17) is 0 Å². The third-order valence-corrected chi connectivity index (χ3v) is 3.57. The average Bonchev–Trinajstić information content (AvgIpc) is 2.58. The maximum Gasteiger partial charge on any atom is 0.152 e. The number of nitroso groups, excluding NO2 is 2. The molecule has 0 aliphatic carbocycles. The fourth-order valence-electron chi connectivity index (χ4n) is 2.47. The fraction of sp³-hybridized carbons (Fsp3) is 0.111. The highest BCUT2D eigenvalue weighted by Crippen LogP contribution is 2.42. The second-order valence-corrected chi connectivity index (χ2v) is 5.18. The van der Waals surface area contributed by atoms with E-state index in [9.17, 15) is 20.0 Å². The highest BCUT2D eigenvalue weighted by Gasteiger charge is 2.16. The number of allylic oxidation sites excluding steroid dienone is 2. The van der Waals surface area contributed by atoms with Crippen LogP contribution < -0.4 is 0 Å². The molecule has 0 fully saturated rings. The molecular formula is C18H16N2O4. The molecule has 6 heteroatoms. The molecule has 24 heavy (non-hydrogen) atoms. The van der Waals surface area contributed by atoms with Gasteiger partial charge in [-0.15, -0.1) is 23.0 Å². The minimum absolute atomic E-state index is 0.108. The van der Waals surface area contributed by atoms with E-state index in [1.165, 1.54) is 12.1 Å². The first-order valence-corrected chi connectivity index (χ1v) is 7.16.